The Balaban J connectivity index is 2.36. The molecule has 1 aromatic carbocycles. The van der Waals surface area contributed by atoms with E-state index in [1.807, 2.05) is 19.9 Å². The van der Waals surface area contributed by atoms with Gasteiger partial charge in [-0.1, -0.05) is 25.0 Å². The van der Waals surface area contributed by atoms with Crippen LogP contribution in [-0.4, -0.2) is 25.3 Å². The maximum Gasteiger partial charge on any atom is 0.243 e. The summed E-state index contributed by atoms with van der Waals surface area (Å²) in [5, 5.41) is 0. The number of sulfonamides is 1. The number of hydrogen-bond acceptors (Lipinski definition) is 3. The Labute approximate surface area is 122 Å². The minimum atomic E-state index is -3.41. The van der Waals surface area contributed by atoms with Crippen LogP contribution in [0, 0.1) is 0 Å². The molecule has 0 bridgehead atoms. The minimum absolute atomic E-state index is 0.0708. The summed E-state index contributed by atoms with van der Waals surface area (Å²) in [6.45, 7) is 4.48. The Kier molecular flexibility index (Phi) is 4.83. The van der Waals surface area contributed by atoms with Gasteiger partial charge in [0.25, 0.3) is 0 Å². The van der Waals surface area contributed by atoms with E-state index in [9.17, 15) is 8.42 Å². The van der Waals surface area contributed by atoms with E-state index in [1.54, 1.807) is 22.5 Å². The zero-order valence-electron chi connectivity index (χ0n) is 12.2. The Morgan fingerprint density at radius 1 is 1.30 bits per heavy atom. The van der Waals surface area contributed by atoms with E-state index >= 15 is 0 Å². The number of nitrogens with two attached hydrogens (primary N) is 1. The summed E-state index contributed by atoms with van der Waals surface area (Å²) in [5.74, 6) is 0. The van der Waals surface area contributed by atoms with Crippen molar-refractivity contribution < 1.29 is 8.42 Å². The largest absolute Gasteiger partial charge is 0.324 e. The molecule has 1 heterocycles. The van der Waals surface area contributed by atoms with Crippen LogP contribution in [0.3, 0.4) is 0 Å². The van der Waals surface area contributed by atoms with Crippen molar-refractivity contribution in [2.45, 2.75) is 56.5 Å². The van der Waals surface area contributed by atoms with Gasteiger partial charge in [0.05, 0.1) is 4.90 Å². The van der Waals surface area contributed by atoms with Crippen molar-refractivity contribution in [3.05, 3.63) is 29.8 Å². The van der Waals surface area contributed by atoms with Crippen LogP contribution >= 0.6 is 0 Å². The average Bonchev–Trinajstić information content (AvgIpc) is 2.64. The first-order valence-electron chi connectivity index (χ1n) is 7.30. The molecule has 2 unspecified atom stereocenters. The lowest BCUT2D eigenvalue weighted by Crippen LogP contribution is -2.38. The van der Waals surface area contributed by atoms with E-state index in [1.165, 1.54) is 0 Å². The summed E-state index contributed by atoms with van der Waals surface area (Å²) in [5.41, 5.74) is 6.70. The minimum Gasteiger partial charge on any atom is -0.324 e. The molecule has 0 aromatic heterocycles. The van der Waals surface area contributed by atoms with Gasteiger partial charge >= 0.3 is 0 Å². The van der Waals surface area contributed by atoms with E-state index < -0.39 is 10.0 Å². The maximum absolute atomic E-state index is 12.8. The highest BCUT2D eigenvalue weighted by atomic mass is 32.2. The number of hydrogen-bond donors (Lipinski definition) is 1. The fraction of sp³-hybridized carbons (Fsp3) is 0.600. The van der Waals surface area contributed by atoms with E-state index in [0.717, 1.165) is 31.2 Å². The normalized spacial score (nSPS) is 23.2. The van der Waals surface area contributed by atoms with E-state index in [0.29, 0.717) is 11.4 Å². The molecule has 0 radical (unpaired) electrons. The Hall–Kier alpha value is -0.910. The molecule has 2 N–H and O–H groups in total. The SMILES string of the molecule is CC(N)c1cccc(S(=O)(=O)N2CCCCCC2C)c1. The molecule has 0 amide bonds. The summed E-state index contributed by atoms with van der Waals surface area (Å²) in [6.07, 6.45) is 4.09. The molecule has 5 heteroatoms. The summed E-state index contributed by atoms with van der Waals surface area (Å²) in [7, 11) is -3.41. The Bertz CT molecular complexity index is 555. The lowest BCUT2D eigenvalue weighted by molar-refractivity contribution is 0.342. The fourth-order valence-electron chi connectivity index (χ4n) is 2.70. The molecule has 1 aromatic rings. The highest BCUT2D eigenvalue weighted by Gasteiger charge is 2.30. The molecule has 1 fully saturated rings. The first kappa shape index (κ1) is 15.5. The highest BCUT2D eigenvalue weighted by molar-refractivity contribution is 7.89. The van der Waals surface area contributed by atoms with Crippen molar-refractivity contribution in [2.24, 2.45) is 5.73 Å². The summed E-state index contributed by atoms with van der Waals surface area (Å²) in [4.78, 5) is 0.362. The van der Waals surface area contributed by atoms with Gasteiger partial charge in [-0.15, -0.1) is 0 Å². The summed E-state index contributed by atoms with van der Waals surface area (Å²) >= 11 is 0. The second kappa shape index (κ2) is 6.24. The number of nitrogens with zero attached hydrogens (tertiary/aromatic N) is 1. The van der Waals surface area contributed by atoms with Crippen molar-refractivity contribution in [3.63, 3.8) is 0 Å². The first-order chi connectivity index (χ1) is 9.43. The zero-order chi connectivity index (χ0) is 14.8. The molecule has 1 aliphatic rings. The fourth-order valence-corrected chi connectivity index (χ4v) is 4.45. The molecule has 112 valence electrons. The predicted octanol–water partition coefficient (Wildman–Crippen LogP) is 2.66. The van der Waals surface area contributed by atoms with Gasteiger partial charge in [0, 0.05) is 18.6 Å². The summed E-state index contributed by atoms with van der Waals surface area (Å²) < 4.78 is 27.3. The van der Waals surface area contributed by atoms with Crippen molar-refractivity contribution in [3.8, 4) is 0 Å². The van der Waals surface area contributed by atoms with Crippen molar-refractivity contribution >= 4 is 10.0 Å². The highest BCUT2D eigenvalue weighted by Crippen LogP contribution is 2.25. The second-order valence-corrected chi connectivity index (χ2v) is 7.57. The van der Waals surface area contributed by atoms with Crippen LogP contribution in [0.2, 0.25) is 0 Å². The molecule has 1 aliphatic heterocycles. The van der Waals surface area contributed by atoms with Crippen LogP contribution in [0.4, 0.5) is 0 Å². The van der Waals surface area contributed by atoms with Gasteiger partial charge in [-0.2, -0.15) is 4.31 Å². The van der Waals surface area contributed by atoms with Crippen molar-refractivity contribution in [1.82, 2.24) is 4.31 Å². The number of rotatable bonds is 3. The quantitative estimate of drug-likeness (QED) is 0.932. The zero-order valence-corrected chi connectivity index (χ0v) is 13.1. The maximum atomic E-state index is 12.8. The standard InChI is InChI=1S/C15H24N2O2S/c1-12-7-4-3-5-10-17(12)20(18,19)15-9-6-8-14(11-15)13(2)16/h6,8-9,11-13H,3-5,7,10,16H2,1-2H3. The molecule has 4 nitrogen and oxygen atoms in total. The third kappa shape index (κ3) is 3.22. The van der Waals surface area contributed by atoms with Gasteiger partial charge in [0.15, 0.2) is 0 Å². The van der Waals surface area contributed by atoms with E-state index in [4.69, 9.17) is 5.73 Å². The summed E-state index contributed by atoms with van der Waals surface area (Å²) in [6, 6.07) is 6.92. The van der Waals surface area contributed by atoms with Crippen molar-refractivity contribution in [1.29, 1.82) is 0 Å². The molecular formula is C15H24N2O2S. The Morgan fingerprint density at radius 2 is 2.05 bits per heavy atom. The molecule has 0 spiro atoms. The van der Waals surface area contributed by atoms with Crippen LogP contribution in [0.1, 0.15) is 51.1 Å². The molecule has 0 aliphatic carbocycles. The van der Waals surface area contributed by atoms with Gasteiger partial charge in [-0.05, 0) is 44.4 Å². The van der Waals surface area contributed by atoms with Crippen LogP contribution in [0.25, 0.3) is 0 Å². The second-order valence-electron chi connectivity index (χ2n) is 5.68. The molecule has 2 rings (SSSR count). The van der Waals surface area contributed by atoms with Gasteiger partial charge in [-0.25, -0.2) is 8.42 Å². The van der Waals surface area contributed by atoms with E-state index in [-0.39, 0.29) is 12.1 Å². The Morgan fingerprint density at radius 3 is 2.75 bits per heavy atom. The van der Waals surface area contributed by atoms with Crippen LogP contribution < -0.4 is 5.73 Å². The smallest absolute Gasteiger partial charge is 0.243 e. The third-order valence-electron chi connectivity index (χ3n) is 3.98. The molecule has 0 saturated carbocycles. The van der Waals surface area contributed by atoms with Crippen LogP contribution in [0.15, 0.2) is 29.2 Å². The van der Waals surface area contributed by atoms with E-state index in [2.05, 4.69) is 0 Å². The molecule has 1 saturated heterocycles. The topological polar surface area (TPSA) is 63.4 Å². The molecule has 2 atom stereocenters. The average molecular weight is 296 g/mol. The third-order valence-corrected chi connectivity index (χ3v) is 5.99. The first-order valence-corrected chi connectivity index (χ1v) is 8.74. The molecular weight excluding hydrogens is 272 g/mol. The van der Waals surface area contributed by atoms with Crippen LogP contribution in [0.5, 0.6) is 0 Å². The van der Waals surface area contributed by atoms with Crippen LogP contribution in [-0.2, 0) is 10.0 Å². The van der Waals surface area contributed by atoms with Gasteiger partial charge in [0.1, 0.15) is 0 Å². The monoisotopic (exact) mass is 296 g/mol. The van der Waals surface area contributed by atoms with Gasteiger partial charge in [-0.3, -0.25) is 0 Å². The van der Waals surface area contributed by atoms with Crippen molar-refractivity contribution in [2.75, 3.05) is 6.54 Å². The van der Waals surface area contributed by atoms with Gasteiger partial charge in [0.2, 0.25) is 10.0 Å². The predicted molar refractivity (Wildman–Crippen MR) is 80.9 cm³/mol. The lowest BCUT2D eigenvalue weighted by Gasteiger charge is -2.26. The van der Waals surface area contributed by atoms with Gasteiger partial charge < -0.3 is 5.73 Å². The lowest BCUT2D eigenvalue weighted by atomic mass is 10.1. The number of benzene rings is 1. The molecule has 20 heavy (non-hydrogen) atoms.